The quantitative estimate of drug-likeness (QED) is 0.786. The summed E-state index contributed by atoms with van der Waals surface area (Å²) in [6.07, 6.45) is 0. The number of piperazine rings is 1. The Hall–Kier alpha value is -1.45. The van der Waals surface area contributed by atoms with Crippen molar-refractivity contribution in [2.24, 2.45) is 0 Å². The largest absolute Gasteiger partial charge is 0.350 e. The molecule has 0 aliphatic carbocycles. The second-order valence-corrected chi connectivity index (χ2v) is 9.40. The minimum Gasteiger partial charge on any atom is -0.350 e. The third-order valence-electron chi connectivity index (χ3n) is 4.17. The number of rotatable bonds is 6. The first-order valence-electron chi connectivity index (χ1n) is 8.22. The molecule has 1 aliphatic heterocycles. The Kier molecular flexibility index (Phi) is 6.31. The molecule has 0 saturated carbocycles. The molecular formula is C17H20ClN3O3S2. The Morgan fingerprint density at radius 3 is 2.58 bits per heavy atom. The van der Waals surface area contributed by atoms with Crippen molar-refractivity contribution in [2.45, 2.75) is 11.4 Å². The van der Waals surface area contributed by atoms with E-state index < -0.39 is 10.0 Å². The predicted molar refractivity (Wildman–Crippen MR) is 103 cm³/mol. The number of carbonyl (C=O) groups excluding carboxylic acids is 1. The summed E-state index contributed by atoms with van der Waals surface area (Å²) in [4.78, 5) is 15.3. The van der Waals surface area contributed by atoms with Crippen molar-refractivity contribution >= 4 is 38.9 Å². The van der Waals surface area contributed by atoms with Crippen LogP contribution in [-0.4, -0.2) is 56.3 Å². The summed E-state index contributed by atoms with van der Waals surface area (Å²) < 4.78 is 26.8. The Morgan fingerprint density at radius 1 is 1.15 bits per heavy atom. The molecule has 0 radical (unpaired) electrons. The van der Waals surface area contributed by atoms with Gasteiger partial charge in [-0.3, -0.25) is 9.69 Å². The molecule has 1 aromatic carbocycles. The van der Waals surface area contributed by atoms with Crippen molar-refractivity contribution in [3.63, 3.8) is 0 Å². The highest BCUT2D eigenvalue weighted by molar-refractivity contribution is 7.89. The van der Waals surface area contributed by atoms with Crippen molar-refractivity contribution in [2.75, 3.05) is 32.7 Å². The van der Waals surface area contributed by atoms with E-state index in [-0.39, 0.29) is 17.3 Å². The highest BCUT2D eigenvalue weighted by Crippen LogP contribution is 2.20. The summed E-state index contributed by atoms with van der Waals surface area (Å²) in [6.45, 7) is 2.55. The van der Waals surface area contributed by atoms with Crippen LogP contribution in [0.2, 0.25) is 5.02 Å². The molecule has 9 heteroatoms. The number of hydrogen-bond donors (Lipinski definition) is 1. The number of hydrogen-bond acceptors (Lipinski definition) is 5. The molecule has 3 rings (SSSR count). The van der Waals surface area contributed by atoms with Gasteiger partial charge in [0.25, 0.3) is 0 Å². The van der Waals surface area contributed by atoms with E-state index in [4.69, 9.17) is 11.6 Å². The van der Waals surface area contributed by atoms with Gasteiger partial charge in [-0.1, -0.05) is 23.7 Å². The molecular weight excluding hydrogens is 394 g/mol. The van der Waals surface area contributed by atoms with Crippen molar-refractivity contribution in [1.82, 2.24) is 14.5 Å². The molecule has 1 fully saturated rings. The van der Waals surface area contributed by atoms with Crippen molar-refractivity contribution in [3.05, 3.63) is 51.7 Å². The van der Waals surface area contributed by atoms with Gasteiger partial charge >= 0.3 is 0 Å². The van der Waals surface area contributed by atoms with Crippen LogP contribution in [0.1, 0.15) is 4.88 Å². The van der Waals surface area contributed by atoms with Crippen LogP contribution in [0.25, 0.3) is 0 Å². The average molecular weight is 414 g/mol. The zero-order valence-corrected chi connectivity index (χ0v) is 16.5. The maximum atomic E-state index is 12.7. The minimum absolute atomic E-state index is 0.0513. The average Bonchev–Trinajstić information content (AvgIpc) is 3.14. The number of thiophene rings is 1. The number of amides is 1. The molecule has 6 nitrogen and oxygen atoms in total. The Balaban J connectivity index is 1.50. The van der Waals surface area contributed by atoms with Crippen LogP contribution in [0.15, 0.2) is 46.7 Å². The lowest BCUT2D eigenvalue weighted by molar-refractivity contribution is -0.122. The molecule has 1 N–H and O–H groups in total. The van der Waals surface area contributed by atoms with Gasteiger partial charge in [0.2, 0.25) is 15.9 Å². The standard InChI is InChI=1S/C17H20ClN3O3S2/c18-14-3-1-5-16(11-14)26(23,24)21-8-6-20(7-9-21)13-17(22)19-12-15-4-2-10-25-15/h1-5,10-11H,6-9,12-13H2,(H,19,22). The van der Waals surface area contributed by atoms with Crippen molar-refractivity contribution in [1.29, 1.82) is 0 Å². The molecule has 1 aromatic heterocycles. The molecule has 1 aliphatic rings. The van der Waals surface area contributed by atoms with Crippen molar-refractivity contribution < 1.29 is 13.2 Å². The monoisotopic (exact) mass is 413 g/mol. The summed E-state index contributed by atoms with van der Waals surface area (Å²) in [7, 11) is -3.55. The number of carbonyl (C=O) groups is 1. The van der Waals surface area contributed by atoms with Gasteiger partial charge in [0.1, 0.15) is 0 Å². The molecule has 1 saturated heterocycles. The van der Waals surface area contributed by atoms with Crippen LogP contribution in [0, 0.1) is 0 Å². The minimum atomic E-state index is -3.55. The highest BCUT2D eigenvalue weighted by Gasteiger charge is 2.29. The van der Waals surface area contributed by atoms with E-state index in [0.717, 1.165) is 4.88 Å². The van der Waals surface area contributed by atoms with E-state index in [1.54, 1.807) is 29.5 Å². The van der Waals surface area contributed by atoms with E-state index in [9.17, 15) is 13.2 Å². The van der Waals surface area contributed by atoms with Crippen LogP contribution in [0.4, 0.5) is 0 Å². The lowest BCUT2D eigenvalue weighted by Gasteiger charge is -2.33. The van der Waals surface area contributed by atoms with Crippen LogP contribution >= 0.6 is 22.9 Å². The summed E-state index contributed by atoms with van der Waals surface area (Å²) in [5.41, 5.74) is 0. The zero-order chi connectivity index (χ0) is 18.6. The predicted octanol–water partition coefficient (Wildman–Crippen LogP) is 2.02. The van der Waals surface area contributed by atoms with Crippen LogP contribution < -0.4 is 5.32 Å². The number of halogens is 1. The molecule has 26 heavy (non-hydrogen) atoms. The first-order valence-corrected chi connectivity index (χ1v) is 10.9. The van der Waals surface area contributed by atoms with Gasteiger partial charge in [-0.25, -0.2) is 8.42 Å². The number of sulfonamides is 1. The molecule has 2 heterocycles. The lowest BCUT2D eigenvalue weighted by Crippen LogP contribution is -2.50. The number of nitrogens with one attached hydrogen (secondary N) is 1. The van der Waals surface area contributed by atoms with Gasteiger partial charge in [-0.15, -0.1) is 11.3 Å². The van der Waals surface area contributed by atoms with Gasteiger partial charge in [0.15, 0.2) is 0 Å². The normalized spacial score (nSPS) is 16.5. The molecule has 140 valence electrons. The third kappa shape index (κ3) is 4.83. The molecule has 1 amide bonds. The SMILES string of the molecule is O=C(CN1CCN(S(=O)(=O)c2cccc(Cl)c2)CC1)NCc1cccs1. The molecule has 0 bridgehead atoms. The second-order valence-electron chi connectivity index (χ2n) is 5.99. The van der Waals surface area contributed by atoms with E-state index in [1.807, 2.05) is 22.4 Å². The smallest absolute Gasteiger partial charge is 0.243 e. The fourth-order valence-electron chi connectivity index (χ4n) is 2.76. The fraction of sp³-hybridized carbons (Fsp3) is 0.353. The maximum absolute atomic E-state index is 12.7. The zero-order valence-electron chi connectivity index (χ0n) is 14.1. The van der Waals surface area contributed by atoms with Crippen LogP contribution in [-0.2, 0) is 21.4 Å². The van der Waals surface area contributed by atoms with Crippen LogP contribution in [0.3, 0.4) is 0 Å². The van der Waals surface area contributed by atoms with Crippen LogP contribution in [0.5, 0.6) is 0 Å². The number of nitrogens with zero attached hydrogens (tertiary/aromatic N) is 2. The Bertz CT molecular complexity index is 848. The van der Waals surface area contributed by atoms with Gasteiger partial charge in [0, 0.05) is 36.1 Å². The van der Waals surface area contributed by atoms with Crippen molar-refractivity contribution in [3.8, 4) is 0 Å². The first-order chi connectivity index (χ1) is 12.4. The Morgan fingerprint density at radius 2 is 1.92 bits per heavy atom. The summed E-state index contributed by atoms with van der Waals surface area (Å²) in [6, 6.07) is 10.2. The van der Waals surface area contributed by atoms with E-state index in [2.05, 4.69) is 5.32 Å². The highest BCUT2D eigenvalue weighted by atomic mass is 35.5. The molecule has 2 aromatic rings. The van der Waals surface area contributed by atoms with E-state index >= 15 is 0 Å². The van der Waals surface area contributed by atoms with Gasteiger partial charge < -0.3 is 5.32 Å². The summed E-state index contributed by atoms with van der Waals surface area (Å²) in [5, 5.41) is 5.26. The van der Waals surface area contributed by atoms with Gasteiger partial charge in [-0.05, 0) is 29.6 Å². The van der Waals surface area contributed by atoms with E-state index in [1.165, 1.54) is 10.4 Å². The molecule has 0 unspecified atom stereocenters. The second kappa shape index (κ2) is 8.49. The lowest BCUT2D eigenvalue weighted by atomic mass is 10.3. The first kappa shape index (κ1) is 19.3. The summed E-state index contributed by atoms with van der Waals surface area (Å²) in [5.74, 6) is -0.0513. The van der Waals surface area contributed by atoms with Gasteiger partial charge in [-0.2, -0.15) is 4.31 Å². The van der Waals surface area contributed by atoms with E-state index in [0.29, 0.717) is 37.7 Å². The fourth-order valence-corrected chi connectivity index (χ4v) is 5.13. The number of benzene rings is 1. The topological polar surface area (TPSA) is 69.7 Å². The molecule has 0 spiro atoms. The van der Waals surface area contributed by atoms with Gasteiger partial charge in [0.05, 0.1) is 18.0 Å². The summed E-state index contributed by atoms with van der Waals surface area (Å²) >= 11 is 7.50. The Labute approximate surface area is 162 Å². The third-order valence-corrected chi connectivity index (χ3v) is 7.18. The molecule has 0 atom stereocenters. The maximum Gasteiger partial charge on any atom is 0.243 e.